The highest BCUT2D eigenvalue weighted by atomic mass is 35.5. The zero-order chi connectivity index (χ0) is 10.7. The molecule has 2 rings (SSSR count). The van der Waals surface area contributed by atoms with E-state index in [4.69, 9.17) is 11.6 Å². The maximum Gasteiger partial charge on any atom is 0.118 e. The molecule has 0 bridgehead atoms. The van der Waals surface area contributed by atoms with Crippen LogP contribution in [0.3, 0.4) is 0 Å². The van der Waals surface area contributed by atoms with Gasteiger partial charge in [0.15, 0.2) is 0 Å². The summed E-state index contributed by atoms with van der Waals surface area (Å²) in [6.45, 7) is 1.09. The molecule has 1 aliphatic heterocycles. The van der Waals surface area contributed by atoms with E-state index in [-0.39, 0.29) is 0 Å². The zero-order valence-electron chi connectivity index (χ0n) is 8.67. The van der Waals surface area contributed by atoms with Gasteiger partial charge in [-0.3, -0.25) is 0 Å². The van der Waals surface area contributed by atoms with E-state index in [1.54, 1.807) is 12.1 Å². The number of hydrogen-bond acceptors (Lipinski definition) is 2. The largest absolute Gasteiger partial charge is 0.508 e. The average Bonchev–Trinajstić information content (AvgIpc) is 2.25. The van der Waals surface area contributed by atoms with Gasteiger partial charge in [0.25, 0.3) is 0 Å². The van der Waals surface area contributed by atoms with E-state index in [0.29, 0.717) is 16.8 Å². The highest BCUT2D eigenvalue weighted by Crippen LogP contribution is 2.24. The SMILES string of the molecule is Oc1ccc(Cl)cc1CC1CCCCN1. The number of aromatic hydroxyl groups is 1. The minimum Gasteiger partial charge on any atom is -0.508 e. The van der Waals surface area contributed by atoms with Crippen LogP contribution >= 0.6 is 11.6 Å². The monoisotopic (exact) mass is 225 g/mol. The Morgan fingerprint density at radius 1 is 1.40 bits per heavy atom. The van der Waals surface area contributed by atoms with Gasteiger partial charge in [-0.15, -0.1) is 0 Å². The first-order valence-electron chi connectivity index (χ1n) is 5.46. The van der Waals surface area contributed by atoms with E-state index in [0.717, 1.165) is 18.5 Å². The number of benzene rings is 1. The normalized spacial score (nSPS) is 21.5. The van der Waals surface area contributed by atoms with Crippen LogP contribution in [0.5, 0.6) is 5.75 Å². The molecule has 1 atom stereocenters. The lowest BCUT2D eigenvalue weighted by Crippen LogP contribution is -2.35. The molecule has 15 heavy (non-hydrogen) atoms. The first-order valence-corrected chi connectivity index (χ1v) is 5.84. The molecule has 2 nitrogen and oxygen atoms in total. The molecule has 1 aromatic rings. The van der Waals surface area contributed by atoms with Gasteiger partial charge in [0, 0.05) is 11.1 Å². The third kappa shape index (κ3) is 2.86. The third-order valence-corrected chi connectivity index (χ3v) is 3.16. The molecule has 1 aliphatic rings. The molecule has 0 saturated carbocycles. The summed E-state index contributed by atoms with van der Waals surface area (Å²) in [7, 11) is 0. The molecule has 0 amide bonds. The summed E-state index contributed by atoms with van der Waals surface area (Å²) in [5.74, 6) is 0.353. The molecule has 3 heteroatoms. The van der Waals surface area contributed by atoms with Crippen molar-refractivity contribution in [2.75, 3.05) is 6.54 Å². The molecule has 1 heterocycles. The van der Waals surface area contributed by atoms with Gasteiger partial charge in [0.05, 0.1) is 0 Å². The van der Waals surface area contributed by atoms with E-state index >= 15 is 0 Å². The van der Waals surface area contributed by atoms with Crippen LogP contribution in [0.15, 0.2) is 18.2 Å². The van der Waals surface area contributed by atoms with Crippen LogP contribution in [0.1, 0.15) is 24.8 Å². The van der Waals surface area contributed by atoms with Crippen LogP contribution in [-0.2, 0) is 6.42 Å². The fraction of sp³-hybridized carbons (Fsp3) is 0.500. The molecule has 2 N–H and O–H groups in total. The highest BCUT2D eigenvalue weighted by Gasteiger charge is 2.14. The van der Waals surface area contributed by atoms with Crippen LogP contribution in [0.2, 0.25) is 5.02 Å². The van der Waals surface area contributed by atoms with Crippen molar-refractivity contribution in [2.24, 2.45) is 0 Å². The summed E-state index contributed by atoms with van der Waals surface area (Å²) < 4.78 is 0. The van der Waals surface area contributed by atoms with Crippen molar-refractivity contribution in [3.8, 4) is 5.75 Å². The molecule has 1 aromatic carbocycles. The van der Waals surface area contributed by atoms with Crippen molar-refractivity contribution >= 4 is 11.6 Å². The molecule has 1 unspecified atom stereocenters. The van der Waals surface area contributed by atoms with Crippen molar-refractivity contribution in [2.45, 2.75) is 31.7 Å². The number of halogens is 1. The minimum absolute atomic E-state index is 0.353. The zero-order valence-corrected chi connectivity index (χ0v) is 9.43. The Balaban J connectivity index is 2.05. The van der Waals surface area contributed by atoms with Crippen LogP contribution < -0.4 is 5.32 Å². The maximum atomic E-state index is 9.68. The first kappa shape index (κ1) is 10.8. The van der Waals surface area contributed by atoms with Gasteiger partial charge in [0.1, 0.15) is 5.75 Å². The van der Waals surface area contributed by atoms with Gasteiger partial charge in [-0.1, -0.05) is 18.0 Å². The van der Waals surface area contributed by atoms with Crippen LogP contribution in [0.4, 0.5) is 0 Å². The molecule has 0 spiro atoms. The van der Waals surface area contributed by atoms with E-state index in [1.165, 1.54) is 19.3 Å². The maximum absolute atomic E-state index is 9.68. The van der Waals surface area contributed by atoms with Crippen molar-refractivity contribution < 1.29 is 5.11 Å². The lowest BCUT2D eigenvalue weighted by Gasteiger charge is -2.23. The Kier molecular flexibility index (Phi) is 3.49. The Bertz CT molecular complexity index is 334. The summed E-state index contributed by atoms with van der Waals surface area (Å²) in [4.78, 5) is 0. The molecule has 1 fully saturated rings. The second kappa shape index (κ2) is 4.86. The van der Waals surface area contributed by atoms with Crippen molar-refractivity contribution in [3.05, 3.63) is 28.8 Å². The molecule has 82 valence electrons. The van der Waals surface area contributed by atoms with Crippen molar-refractivity contribution in [1.82, 2.24) is 5.32 Å². The lowest BCUT2D eigenvalue weighted by molar-refractivity contribution is 0.392. The molecule has 0 radical (unpaired) electrons. The Morgan fingerprint density at radius 2 is 2.27 bits per heavy atom. The molecule has 0 aromatic heterocycles. The topological polar surface area (TPSA) is 32.3 Å². The summed E-state index contributed by atoms with van der Waals surface area (Å²) in [6.07, 6.45) is 4.59. The highest BCUT2D eigenvalue weighted by molar-refractivity contribution is 6.30. The summed E-state index contributed by atoms with van der Waals surface area (Å²) in [6, 6.07) is 5.73. The lowest BCUT2D eigenvalue weighted by atomic mass is 9.97. The summed E-state index contributed by atoms with van der Waals surface area (Å²) in [5.41, 5.74) is 0.946. The van der Waals surface area contributed by atoms with Crippen LogP contribution in [-0.4, -0.2) is 17.7 Å². The number of phenolic OH excluding ortho intramolecular Hbond substituents is 1. The van der Waals surface area contributed by atoms with E-state index < -0.39 is 0 Å². The fourth-order valence-electron chi connectivity index (χ4n) is 2.08. The predicted molar refractivity (Wildman–Crippen MR) is 62.5 cm³/mol. The van der Waals surface area contributed by atoms with Crippen molar-refractivity contribution in [3.63, 3.8) is 0 Å². The molecular weight excluding hydrogens is 210 g/mol. The van der Waals surface area contributed by atoms with Gasteiger partial charge >= 0.3 is 0 Å². The van der Waals surface area contributed by atoms with Gasteiger partial charge < -0.3 is 10.4 Å². The van der Waals surface area contributed by atoms with Gasteiger partial charge in [-0.05, 0) is 49.6 Å². The van der Waals surface area contributed by atoms with Gasteiger partial charge in [0.2, 0.25) is 0 Å². The number of piperidine rings is 1. The Morgan fingerprint density at radius 3 is 3.00 bits per heavy atom. The number of phenols is 1. The molecule has 1 saturated heterocycles. The first-order chi connectivity index (χ1) is 7.25. The van der Waals surface area contributed by atoms with E-state index in [2.05, 4.69) is 5.32 Å². The van der Waals surface area contributed by atoms with Crippen LogP contribution in [0.25, 0.3) is 0 Å². The summed E-state index contributed by atoms with van der Waals surface area (Å²) >= 11 is 5.90. The molecule has 0 aliphatic carbocycles. The van der Waals surface area contributed by atoms with Crippen molar-refractivity contribution in [1.29, 1.82) is 0 Å². The minimum atomic E-state index is 0.353. The number of nitrogens with one attached hydrogen (secondary N) is 1. The third-order valence-electron chi connectivity index (χ3n) is 2.92. The molecular formula is C12H16ClNO. The Labute approximate surface area is 95.3 Å². The van der Waals surface area contributed by atoms with Gasteiger partial charge in [-0.2, -0.15) is 0 Å². The predicted octanol–water partition coefficient (Wildman–Crippen LogP) is 2.73. The fourth-order valence-corrected chi connectivity index (χ4v) is 2.28. The average molecular weight is 226 g/mol. The Hall–Kier alpha value is -0.730. The summed E-state index contributed by atoms with van der Waals surface area (Å²) in [5, 5.41) is 13.8. The van der Waals surface area contributed by atoms with E-state index in [1.807, 2.05) is 6.07 Å². The quantitative estimate of drug-likeness (QED) is 0.811. The van der Waals surface area contributed by atoms with Gasteiger partial charge in [-0.25, -0.2) is 0 Å². The van der Waals surface area contributed by atoms with Crippen LogP contribution in [0, 0.1) is 0 Å². The number of rotatable bonds is 2. The second-order valence-electron chi connectivity index (χ2n) is 4.12. The standard InChI is InChI=1S/C12H16ClNO/c13-10-4-5-12(15)9(7-10)8-11-3-1-2-6-14-11/h4-5,7,11,14-15H,1-3,6,8H2. The second-order valence-corrected chi connectivity index (χ2v) is 4.56. The smallest absolute Gasteiger partial charge is 0.118 e. The number of hydrogen-bond donors (Lipinski definition) is 2. The van der Waals surface area contributed by atoms with E-state index in [9.17, 15) is 5.11 Å².